The summed E-state index contributed by atoms with van der Waals surface area (Å²) < 4.78 is 1.28. The molecule has 0 saturated heterocycles. The first kappa shape index (κ1) is 12.9. The van der Waals surface area contributed by atoms with Crippen LogP contribution in [-0.2, 0) is 6.42 Å². The summed E-state index contributed by atoms with van der Waals surface area (Å²) in [4.78, 5) is 5.33. The number of hydrazine groups is 1. The smallest absolute Gasteiger partial charge is 0.0794 e. The normalized spacial score (nSPS) is 12.6. The van der Waals surface area contributed by atoms with Gasteiger partial charge in [-0.1, -0.05) is 18.2 Å². The summed E-state index contributed by atoms with van der Waals surface area (Å²) in [6, 6.07) is 6.46. The molecule has 0 radical (unpaired) electrons. The molecule has 0 bridgehead atoms. The second kappa shape index (κ2) is 5.90. The molecule has 1 aromatic carbocycles. The SMILES string of the molecule is Cc1cccc(C(Cc2cncs2)NN)c1I. The zero-order valence-corrected chi connectivity index (χ0v) is 12.5. The number of aromatic nitrogens is 1. The van der Waals surface area contributed by atoms with E-state index in [0.717, 1.165) is 6.42 Å². The van der Waals surface area contributed by atoms with Crippen LogP contribution in [0.2, 0.25) is 0 Å². The van der Waals surface area contributed by atoms with E-state index in [0.29, 0.717) is 0 Å². The molecular weight excluding hydrogens is 345 g/mol. The van der Waals surface area contributed by atoms with Crippen molar-refractivity contribution in [2.24, 2.45) is 5.84 Å². The molecule has 0 aliphatic heterocycles. The number of aryl methyl sites for hydroxylation is 1. The van der Waals surface area contributed by atoms with Gasteiger partial charge < -0.3 is 0 Å². The number of hydrogen-bond acceptors (Lipinski definition) is 4. The van der Waals surface area contributed by atoms with Gasteiger partial charge in [0, 0.05) is 21.1 Å². The fraction of sp³-hybridized carbons (Fsp3) is 0.250. The van der Waals surface area contributed by atoms with Gasteiger partial charge in [0.05, 0.1) is 11.6 Å². The summed E-state index contributed by atoms with van der Waals surface area (Å²) in [7, 11) is 0. The van der Waals surface area contributed by atoms with Crippen molar-refractivity contribution in [3.8, 4) is 0 Å². The third-order valence-electron chi connectivity index (χ3n) is 2.69. The lowest BCUT2D eigenvalue weighted by Gasteiger charge is -2.18. The maximum atomic E-state index is 5.67. The first-order valence-corrected chi connectivity index (χ1v) is 7.26. The second-order valence-corrected chi connectivity index (χ2v) is 5.92. The molecule has 3 nitrogen and oxygen atoms in total. The number of benzene rings is 1. The van der Waals surface area contributed by atoms with Gasteiger partial charge in [0.15, 0.2) is 0 Å². The molecule has 17 heavy (non-hydrogen) atoms. The van der Waals surface area contributed by atoms with Gasteiger partial charge >= 0.3 is 0 Å². The molecule has 0 aliphatic rings. The second-order valence-electron chi connectivity index (χ2n) is 3.87. The van der Waals surface area contributed by atoms with Crippen LogP contribution in [0.1, 0.15) is 22.0 Å². The maximum Gasteiger partial charge on any atom is 0.0794 e. The number of thiazole rings is 1. The Morgan fingerprint density at radius 1 is 1.53 bits per heavy atom. The van der Waals surface area contributed by atoms with Gasteiger partial charge in [0.2, 0.25) is 0 Å². The topological polar surface area (TPSA) is 50.9 Å². The molecule has 2 aromatic rings. The first-order valence-electron chi connectivity index (χ1n) is 5.31. The van der Waals surface area contributed by atoms with Gasteiger partial charge in [0.1, 0.15) is 0 Å². The third-order valence-corrected chi connectivity index (χ3v) is 4.96. The lowest BCUT2D eigenvalue weighted by molar-refractivity contribution is 0.552. The average molecular weight is 359 g/mol. The van der Waals surface area contributed by atoms with Crippen LogP contribution in [0, 0.1) is 10.5 Å². The number of nitrogens with one attached hydrogen (secondary N) is 1. The Labute approximate surface area is 119 Å². The summed E-state index contributed by atoms with van der Waals surface area (Å²) in [5.74, 6) is 5.67. The van der Waals surface area contributed by atoms with E-state index in [1.165, 1.54) is 19.6 Å². The zero-order chi connectivity index (χ0) is 12.3. The quantitative estimate of drug-likeness (QED) is 0.502. The van der Waals surface area contributed by atoms with Crippen LogP contribution in [-0.4, -0.2) is 4.98 Å². The Balaban J connectivity index is 2.26. The highest BCUT2D eigenvalue weighted by Gasteiger charge is 2.15. The largest absolute Gasteiger partial charge is 0.271 e. The van der Waals surface area contributed by atoms with Gasteiger partial charge in [-0.05, 0) is 40.6 Å². The summed E-state index contributed by atoms with van der Waals surface area (Å²) in [5.41, 5.74) is 7.29. The fourth-order valence-corrected chi connectivity index (χ4v) is 3.12. The molecular formula is C12H14IN3S. The number of nitrogens with two attached hydrogens (primary N) is 1. The predicted molar refractivity (Wildman–Crippen MR) is 79.8 cm³/mol. The van der Waals surface area contributed by atoms with E-state index in [9.17, 15) is 0 Å². The van der Waals surface area contributed by atoms with E-state index in [1.807, 2.05) is 11.7 Å². The molecule has 1 atom stereocenters. The van der Waals surface area contributed by atoms with Crippen LogP contribution in [0.5, 0.6) is 0 Å². The first-order chi connectivity index (χ1) is 8.22. The standard InChI is InChI=1S/C12H14IN3S/c1-8-3-2-4-10(12(8)13)11(16-14)5-9-6-15-7-17-9/h2-4,6-7,11,16H,5,14H2,1H3. The Kier molecular flexibility index (Phi) is 4.49. The van der Waals surface area contributed by atoms with Crippen molar-refractivity contribution in [1.82, 2.24) is 10.4 Å². The molecule has 5 heteroatoms. The van der Waals surface area contributed by atoms with E-state index in [2.05, 4.69) is 58.1 Å². The molecule has 90 valence electrons. The van der Waals surface area contributed by atoms with Crippen molar-refractivity contribution in [2.45, 2.75) is 19.4 Å². The van der Waals surface area contributed by atoms with Crippen molar-refractivity contribution in [3.05, 3.63) is 49.5 Å². The predicted octanol–water partition coefficient (Wildman–Crippen LogP) is 2.80. The zero-order valence-electron chi connectivity index (χ0n) is 9.48. The van der Waals surface area contributed by atoms with Gasteiger partial charge in [-0.3, -0.25) is 16.3 Å². The highest BCUT2D eigenvalue weighted by atomic mass is 127. The molecule has 0 aliphatic carbocycles. The monoisotopic (exact) mass is 359 g/mol. The minimum atomic E-state index is 0.141. The minimum absolute atomic E-state index is 0.141. The highest BCUT2D eigenvalue weighted by Crippen LogP contribution is 2.26. The molecule has 1 aromatic heterocycles. The summed E-state index contributed by atoms with van der Waals surface area (Å²) in [5, 5.41) is 0. The van der Waals surface area contributed by atoms with Crippen molar-refractivity contribution < 1.29 is 0 Å². The van der Waals surface area contributed by atoms with Crippen LogP contribution < -0.4 is 11.3 Å². The molecule has 0 saturated carbocycles. The number of halogens is 1. The highest BCUT2D eigenvalue weighted by molar-refractivity contribution is 14.1. The van der Waals surface area contributed by atoms with E-state index in [1.54, 1.807) is 11.3 Å². The lowest BCUT2D eigenvalue weighted by Crippen LogP contribution is -2.30. The molecule has 0 spiro atoms. The molecule has 0 amide bonds. The van der Waals surface area contributed by atoms with E-state index >= 15 is 0 Å². The molecule has 1 unspecified atom stereocenters. The number of rotatable bonds is 4. The Morgan fingerprint density at radius 2 is 2.35 bits per heavy atom. The summed E-state index contributed by atoms with van der Waals surface area (Å²) >= 11 is 4.04. The summed E-state index contributed by atoms with van der Waals surface area (Å²) in [6.45, 7) is 2.12. The third kappa shape index (κ3) is 3.04. The van der Waals surface area contributed by atoms with Gasteiger partial charge in [-0.2, -0.15) is 0 Å². The van der Waals surface area contributed by atoms with Gasteiger partial charge in [-0.15, -0.1) is 11.3 Å². The van der Waals surface area contributed by atoms with Crippen LogP contribution in [0.3, 0.4) is 0 Å². The van der Waals surface area contributed by atoms with E-state index in [4.69, 9.17) is 5.84 Å². The molecule has 3 N–H and O–H groups in total. The van der Waals surface area contributed by atoms with Crippen molar-refractivity contribution in [1.29, 1.82) is 0 Å². The summed E-state index contributed by atoms with van der Waals surface area (Å²) in [6.07, 6.45) is 2.78. The van der Waals surface area contributed by atoms with E-state index < -0.39 is 0 Å². The van der Waals surface area contributed by atoms with E-state index in [-0.39, 0.29) is 6.04 Å². The molecule has 2 rings (SSSR count). The van der Waals surface area contributed by atoms with Gasteiger partial charge in [0.25, 0.3) is 0 Å². The fourth-order valence-electron chi connectivity index (χ4n) is 1.74. The maximum absolute atomic E-state index is 5.67. The lowest BCUT2D eigenvalue weighted by atomic mass is 10.0. The van der Waals surface area contributed by atoms with Gasteiger partial charge in [-0.25, -0.2) is 0 Å². The number of nitrogens with zero attached hydrogens (tertiary/aromatic N) is 1. The Hall–Kier alpha value is -0.500. The molecule has 1 heterocycles. The van der Waals surface area contributed by atoms with Crippen molar-refractivity contribution in [2.75, 3.05) is 0 Å². The average Bonchev–Trinajstić information content (AvgIpc) is 2.83. The van der Waals surface area contributed by atoms with Crippen LogP contribution in [0.15, 0.2) is 29.9 Å². The van der Waals surface area contributed by atoms with Crippen LogP contribution >= 0.6 is 33.9 Å². The van der Waals surface area contributed by atoms with Crippen molar-refractivity contribution >= 4 is 33.9 Å². The van der Waals surface area contributed by atoms with Crippen LogP contribution in [0.4, 0.5) is 0 Å². The minimum Gasteiger partial charge on any atom is -0.271 e. The molecule has 0 fully saturated rings. The Bertz CT molecular complexity index is 485. The number of hydrogen-bond donors (Lipinski definition) is 2. The Morgan fingerprint density at radius 3 is 3.00 bits per heavy atom. The van der Waals surface area contributed by atoms with Crippen molar-refractivity contribution in [3.63, 3.8) is 0 Å². The van der Waals surface area contributed by atoms with Crippen LogP contribution in [0.25, 0.3) is 0 Å².